The van der Waals surface area contributed by atoms with Gasteiger partial charge in [0, 0.05) is 12.5 Å². The number of hydrogen-bond acceptors (Lipinski definition) is 2. The van der Waals surface area contributed by atoms with Crippen LogP contribution in [0, 0.1) is 17.8 Å². The van der Waals surface area contributed by atoms with Gasteiger partial charge < -0.3 is 11.1 Å². The van der Waals surface area contributed by atoms with Gasteiger partial charge >= 0.3 is 0 Å². The Balaban J connectivity index is 0.00000144. The fourth-order valence-electron chi connectivity index (χ4n) is 3.32. The van der Waals surface area contributed by atoms with Crippen molar-refractivity contribution >= 4 is 18.3 Å². The maximum absolute atomic E-state index is 12.1. The normalized spacial score (nSPS) is 30.4. The van der Waals surface area contributed by atoms with E-state index in [4.69, 9.17) is 5.73 Å². The van der Waals surface area contributed by atoms with Gasteiger partial charge in [-0.15, -0.1) is 12.4 Å². The average Bonchev–Trinajstić information content (AvgIpc) is 2.81. The lowest BCUT2D eigenvalue weighted by Gasteiger charge is -2.31. The van der Waals surface area contributed by atoms with E-state index in [2.05, 4.69) is 19.2 Å². The number of rotatable bonds is 5. The second-order valence-electron chi connectivity index (χ2n) is 5.47. The molecule has 17 heavy (non-hydrogen) atoms. The minimum Gasteiger partial charge on any atom is -0.349 e. The Hall–Kier alpha value is -0.280. The van der Waals surface area contributed by atoms with Crippen molar-refractivity contribution in [3.63, 3.8) is 0 Å². The predicted molar refractivity (Wildman–Crippen MR) is 72.1 cm³/mol. The molecule has 2 saturated carbocycles. The van der Waals surface area contributed by atoms with Crippen LogP contribution < -0.4 is 11.1 Å². The zero-order valence-electron chi connectivity index (χ0n) is 10.9. The highest BCUT2D eigenvalue weighted by Gasteiger charge is 2.57. The van der Waals surface area contributed by atoms with Crippen LogP contribution in [0.3, 0.4) is 0 Å². The molecule has 0 aromatic rings. The van der Waals surface area contributed by atoms with Crippen molar-refractivity contribution in [2.24, 2.45) is 23.5 Å². The number of fused-ring (bicyclic) bond motifs is 1. The van der Waals surface area contributed by atoms with Crippen molar-refractivity contribution in [2.75, 3.05) is 6.54 Å². The molecule has 0 aromatic heterocycles. The van der Waals surface area contributed by atoms with E-state index in [-0.39, 0.29) is 23.9 Å². The molecule has 0 radical (unpaired) electrons. The molecule has 2 aliphatic rings. The Morgan fingerprint density at radius 3 is 2.24 bits per heavy atom. The Bertz CT molecular complexity index is 260. The van der Waals surface area contributed by atoms with Crippen LogP contribution in [0.2, 0.25) is 0 Å². The van der Waals surface area contributed by atoms with Crippen molar-refractivity contribution in [3.8, 4) is 0 Å². The van der Waals surface area contributed by atoms with Gasteiger partial charge in [-0.05, 0) is 37.5 Å². The van der Waals surface area contributed by atoms with E-state index in [1.807, 2.05) is 0 Å². The number of carbonyl (C=O) groups excluding carboxylic acids is 1. The SMILES string of the molecule is CCC(CC)(CN)NC(=O)C1C2CCCC21.Cl. The van der Waals surface area contributed by atoms with Crippen molar-refractivity contribution in [3.05, 3.63) is 0 Å². The summed E-state index contributed by atoms with van der Waals surface area (Å²) in [5.41, 5.74) is 5.64. The van der Waals surface area contributed by atoms with Crippen LogP contribution in [0.25, 0.3) is 0 Å². The first-order chi connectivity index (χ1) is 7.67. The third kappa shape index (κ3) is 2.60. The average molecular weight is 261 g/mol. The molecule has 2 unspecified atom stereocenters. The van der Waals surface area contributed by atoms with Gasteiger partial charge in [-0.2, -0.15) is 0 Å². The fourth-order valence-corrected chi connectivity index (χ4v) is 3.32. The van der Waals surface area contributed by atoms with Crippen LogP contribution in [0.4, 0.5) is 0 Å². The number of halogens is 1. The van der Waals surface area contributed by atoms with Crippen LogP contribution in [0.1, 0.15) is 46.0 Å². The van der Waals surface area contributed by atoms with Gasteiger partial charge in [0.05, 0.1) is 5.54 Å². The summed E-state index contributed by atoms with van der Waals surface area (Å²) in [7, 11) is 0. The van der Waals surface area contributed by atoms with Gasteiger partial charge in [0.25, 0.3) is 0 Å². The van der Waals surface area contributed by atoms with Crippen LogP contribution >= 0.6 is 12.4 Å². The lowest BCUT2D eigenvalue weighted by atomic mass is 9.92. The van der Waals surface area contributed by atoms with Crippen LogP contribution in [-0.4, -0.2) is 18.0 Å². The molecule has 0 saturated heterocycles. The van der Waals surface area contributed by atoms with E-state index in [9.17, 15) is 4.79 Å². The highest BCUT2D eigenvalue weighted by molar-refractivity contribution is 5.85. The molecule has 0 heterocycles. The lowest BCUT2D eigenvalue weighted by molar-refractivity contribution is -0.125. The van der Waals surface area contributed by atoms with E-state index in [1.54, 1.807) is 0 Å². The topological polar surface area (TPSA) is 55.1 Å². The minimum atomic E-state index is -0.159. The summed E-state index contributed by atoms with van der Waals surface area (Å²) in [6.45, 7) is 4.75. The summed E-state index contributed by atoms with van der Waals surface area (Å²) in [6, 6.07) is 0. The zero-order chi connectivity index (χ0) is 11.8. The number of amides is 1. The Kier molecular flexibility index (Phi) is 4.85. The lowest BCUT2D eigenvalue weighted by Crippen LogP contribution is -2.53. The number of hydrogen-bond donors (Lipinski definition) is 2. The second kappa shape index (κ2) is 5.57. The van der Waals surface area contributed by atoms with Gasteiger partial charge in [-0.25, -0.2) is 0 Å². The van der Waals surface area contributed by atoms with Gasteiger partial charge in [0.1, 0.15) is 0 Å². The Morgan fingerprint density at radius 1 is 1.29 bits per heavy atom. The van der Waals surface area contributed by atoms with Gasteiger partial charge in [0.15, 0.2) is 0 Å². The third-order valence-corrected chi connectivity index (χ3v) is 4.84. The first-order valence-corrected chi connectivity index (χ1v) is 6.69. The van der Waals surface area contributed by atoms with E-state index in [0.29, 0.717) is 24.3 Å². The summed E-state index contributed by atoms with van der Waals surface area (Å²) in [5, 5.41) is 3.21. The first-order valence-electron chi connectivity index (χ1n) is 6.69. The van der Waals surface area contributed by atoms with Gasteiger partial charge in [0.2, 0.25) is 5.91 Å². The molecule has 0 bridgehead atoms. The minimum absolute atomic E-state index is 0. The molecule has 2 rings (SSSR count). The van der Waals surface area contributed by atoms with Crippen molar-refractivity contribution in [2.45, 2.75) is 51.5 Å². The van der Waals surface area contributed by atoms with Crippen LogP contribution in [0.5, 0.6) is 0 Å². The van der Waals surface area contributed by atoms with Crippen molar-refractivity contribution in [1.29, 1.82) is 0 Å². The molecule has 2 atom stereocenters. The molecular formula is C13H25ClN2O. The van der Waals surface area contributed by atoms with E-state index < -0.39 is 0 Å². The maximum Gasteiger partial charge on any atom is 0.224 e. The van der Waals surface area contributed by atoms with E-state index >= 15 is 0 Å². The molecule has 0 aromatic carbocycles. The van der Waals surface area contributed by atoms with E-state index in [1.165, 1.54) is 19.3 Å². The summed E-state index contributed by atoms with van der Waals surface area (Å²) in [5.74, 6) is 1.98. The first kappa shape index (κ1) is 14.8. The quantitative estimate of drug-likeness (QED) is 0.795. The Labute approximate surface area is 110 Å². The van der Waals surface area contributed by atoms with E-state index in [0.717, 1.165) is 12.8 Å². The molecule has 1 amide bonds. The monoisotopic (exact) mass is 260 g/mol. The predicted octanol–water partition coefficient (Wildman–Crippen LogP) is 2.09. The zero-order valence-corrected chi connectivity index (χ0v) is 11.7. The molecule has 2 aliphatic carbocycles. The molecule has 100 valence electrons. The maximum atomic E-state index is 12.1. The standard InChI is InChI=1S/C13H24N2O.ClH/c1-3-13(4-2,8-14)15-12(16)11-9-6-5-7-10(9)11;/h9-11H,3-8,14H2,1-2H3,(H,15,16);1H. The number of nitrogens with two attached hydrogens (primary N) is 1. The molecule has 0 aliphatic heterocycles. The third-order valence-electron chi connectivity index (χ3n) is 4.84. The van der Waals surface area contributed by atoms with Crippen molar-refractivity contribution < 1.29 is 4.79 Å². The summed E-state index contributed by atoms with van der Waals surface area (Å²) in [4.78, 5) is 12.1. The summed E-state index contributed by atoms with van der Waals surface area (Å²) >= 11 is 0. The fraction of sp³-hybridized carbons (Fsp3) is 0.923. The second-order valence-corrected chi connectivity index (χ2v) is 5.47. The number of carbonyl (C=O) groups is 1. The van der Waals surface area contributed by atoms with Gasteiger partial charge in [-0.1, -0.05) is 20.3 Å². The molecule has 3 nitrogen and oxygen atoms in total. The van der Waals surface area contributed by atoms with Crippen LogP contribution in [-0.2, 0) is 4.79 Å². The van der Waals surface area contributed by atoms with Crippen LogP contribution in [0.15, 0.2) is 0 Å². The van der Waals surface area contributed by atoms with Gasteiger partial charge in [-0.3, -0.25) is 4.79 Å². The molecule has 3 N–H and O–H groups in total. The molecule has 4 heteroatoms. The number of nitrogens with one attached hydrogen (secondary N) is 1. The molecular weight excluding hydrogens is 236 g/mol. The summed E-state index contributed by atoms with van der Waals surface area (Å²) < 4.78 is 0. The Morgan fingerprint density at radius 2 is 1.82 bits per heavy atom. The highest BCUT2D eigenvalue weighted by atomic mass is 35.5. The smallest absolute Gasteiger partial charge is 0.224 e. The molecule has 2 fully saturated rings. The molecule has 0 spiro atoms. The highest BCUT2D eigenvalue weighted by Crippen LogP contribution is 2.57. The summed E-state index contributed by atoms with van der Waals surface area (Å²) in [6.07, 6.45) is 5.69. The van der Waals surface area contributed by atoms with Crippen molar-refractivity contribution in [1.82, 2.24) is 5.32 Å². The largest absolute Gasteiger partial charge is 0.349 e.